The molecule has 7 heteroatoms. The summed E-state index contributed by atoms with van der Waals surface area (Å²) in [7, 11) is 0. The molecule has 112 valence electrons. The average molecular weight is 353 g/mol. The zero-order valence-electron chi connectivity index (χ0n) is 12.0. The quantitative estimate of drug-likeness (QED) is 0.640. The molecule has 0 saturated carbocycles. The summed E-state index contributed by atoms with van der Waals surface area (Å²) < 4.78 is 2.91. The zero-order valence-corrected chi connectivity index (χ0v) is 13.6. The average Bonchev–Trinajstić information content (AvgIpc) is 2.75. The highest BCUT2D eigenvalue weighted by Crippen LogP contribution is 2.21. The van der Waals surface area contributed by atoms with E-state index >= 15 is 0 Å². The third-order valence-corrected chi connectivity index (χ3v) is 4.28. The molecular formula is C14H17BrN4O2. The van der Waals surface area contributed by atoms with Gasteiger partial charge in [0.25, 0.3) is 5.69 Å². The highest BCUT2D eigenvalue weighted by Gasteiger charge is 2.14. The van der Waals surface area contributed by atoms with Crippen molar-refractivity contribution in [3.8, 4) is 0 Å². The number of nitrogens with one attached hydrogen (secondary N) is 1. The Morgan fingerprint density at radius 2 is 2.10 bits per heavy atom. The number of nitrogens with zero attached hydrogens (tertiary/aromatic N) is 3. The third-order valence-electron chi connectivity index (χ3n) is 3.25. The van der Waals surface area contributed by atoms with Crippen LogP contribution in [0.5, 0.6) is 0 Å². The van der Waals surface area contributed by atoms with Crippen molar-refractivity contribution >= 4 is 21.6 Å². The monoisotopic (exact) mass is 352 g/mol. The molecule has 1 aromatic heterocycles. The van der Waals surface area contributed by atoms with Crippen molar-refractivity contribution in [1.82, 2.24) is 15.1 Å². The van der Waals surface area contributed by atoms with Crippen LogP contribution in [0.25, 0.3) is 0 Å². The van der Waals surface area contributed by atoms with E-state index in [2.05, 4.69) is 26.3 Å². The third kappa shape index (κ3) is 3.48. The molecule has 2 rings (SSSR count). The first-order valence-corrected chi connectivity index (χ1v) is 7.48. The Kier molecular flexibility index (Phi) is 5.08. The number of hydrogen-bond acceptors (Lipinski definition) is 4. The van der Waals surface area contributed by atoms with E-state index in [1.165, 1.54) is 6.07 Å². The van der Waals surface area contributed by atoms with Crippen molar-refractivity contribution in [3.63, 3.8) is 0 Å². The number of para-hydroxylation sites is 1. The molecule has 0 unspecified atom stereocenters. The van der Waals surface area contributed by atoms with Gasteiger partial charge >= 0.3 is 0 Å². The summed E-state index contributed by atoms with van der Waals surface area (Å²) >= 11 is 3.53. The van der Waals surface area contributed by atoms with Gasteiger partial charge in [0, 0.05) is 31.3 Å². The summed E-state index contributed by atoms with van der Waals surface area (Å²) in [6.45, 7) is 5.81. The van der Waals surface area contributed by atoms with Gasteiger partial charge in [-0.1, -0.05) is 18.2 Å². The number of aromatic nitrogens is 2. The molecular weight excluding hydrogens is 336 g/mol. The number of aryl methyl sites for hydroxylation is 2. The highest BCUT2D eigenvalue weighted by atomic mass is 79.9. The van der Waals surface area contributed by atoms with Crippen LogP contribution in [0.1, 0.15) is 23.9 Å². The predicted octanol–water partition coefficient (Wildman–Crippen LogP) is 3.17. The van der Waals surface area contributed by atoms with E-state index < -0.39 is 0 Å². The van der Waals surface area contributed by atoms with E-state index in [0.29, 0.717) is 18.7 Å². The van der Waals surface area contributed by atoms with Gasteiger partial charge in [0.1, 0.15) is 0 Å². The van der Waals surface area contributed by atoms with E-state index in [0.717, 1.165) is 22.4 Å². The molecule has 2 aromatic rings. The molecule has 1 heterocycles. The minimum absolute atomic E-state index is 0.143. The molecule has 6 nitrogen and oxygen atoms in total. The summed E-state index contributed by atoms with van der Waals surface area (Å²) in [6.07, 6.45) is 0. The first-order chi connectivity index (χ1) is 10.0. The molecule has 0 spiro atoms. The fourth-order valence-electron chi connectivity index (χ4n) is 2.19. The van der Waals surface area contributed by atoms with Crippen molar-refractivity contribution < 1.29 is 4.92 Å². The SMILES string of the molecule is CCn1nc(C)c(Br)c1CNCc1ccccc1[N+](=O)[O-]. The smallest absolute Gasteiger partial charge is 0.273 e. The first-order valence-electron chi connectivity index (χ1n) is 6.69. The van der Waals surface area contributed by atoms with Crippen molar-refractivity contribution in [2.75, 3.05) is 0 Å². The molecule has 0 radical (unpaired) electrons. The van der Waals surface area contributed by atoms with Crippen molar-refractivity contribution in [1.29, 1.82) is 0 Å². The maximum absolute atomic E-state index is 11.0. The molecule has 0 fully saturated rings. The van der Waals surface area contributed by atoms with Gasteiger partial charge in [-0.05, 0) is 29.8 Å². The van der Waals surface area contributed by atoms with Crippen LogP contribution in [0.4, 0.5) is 5.69 Å². The summed E-state index contributed by atoms with van der Waals surface area (Å²) in [5.41, 5.74) is 2.81. The van der Waals surface area contributed by atoms with Gasteiger partial charge in [-0.2, -0.15) is 5.10 Å². The highest BCUT2D eigenvalue weighted by molar-refractivity contribution is 9.10. The van der Waals surface area contributed by atoms with E-state index in [9.17, 15) is 10.1 Å². The lowest BCUT2D eigenvalue weighted by Crippen LogP contribution is -2.17. The summed E-state index contributed by atoms with van der Waals surface area (Å²) in [5, 5.41) is 18.6. The second-order valence-corrected chi connectivity index (χ2v) is 5.44. The Labute approximate surface area is 131 Å². The predicted molar refractivity (Wildman–Crippen MR) is 84.0 cm³/mol. The Bertz CT molecular complexity index is 654. The van der Waals surface area contributed by atoms with Crippen molar-refractivity contribution in [2.24, 2.45) is 0 Å². The number of nitro groups is 1. The lowest BCUT2D eigenvalue weighted by Gasteiger charge is -2.08. The number of rotatable bonds is 6. The summed E-state index contributed by atoms with van der Waals surface area (Å²) in [5.74, 6) is 0. The van der Waals surface area contributed by atoms with Gasteiger partial charge in [-0.15, -0.1) is 0 Å². The molecule has 0 aliphatic carbocycles. The Balaban J connectivity index is 2.07. The van der Waals surface area contributed by atoms with Crippen LogP contribution in [0, 0.1) is 17.0 Å². The van der Waals surface area contributed by atoms with E-state index in [1.54, 1.807) is 18.2 Å². The van der Waals surface area contributed by atoms with Crippen molar-refractivity contribution in [2.45, 2.75) is 33.5 Å². The molecule has 1 N–H and O–H groups in total. The molecule has 0 aliphatic heterocycles. The van der Waals surface area contributed by atoms with Crippen LogP contribution in [0.3, 0.4) is 0 Å². The fraction of sp³-hybridized carbons (Fsp3) is 0.357. The van der Waals surface area contributed by atoms with Crippen LogP contribution in [-0.4, -0.2) is 14.7 Å². The fourth-order valence-corrected chi connectivity index (χ4v) is 2.62. The molecule has 0 atom stereocenters. The number of halogens is 1. The zero-order chi connectivity index (χ0) is 15.4. The van der Waals surface area contributed by atoms with Crippen molar-refractivity contribution in [3.05, 3.63) is 55.8 Å². The van der Waals surface area contributed by atoms with E-state index in [-0.39, 0.29) is 10.6 Å². The Morgan fingerprint density at radius 3 is 2.76 bits per heavy atom. The number of benzene rings is 1. The maximum Gasteiger partial charge on any atom is 0.273 e. The minimum Gasteiger partial charge on any atom is -0.307 e. The maximum atomic E-state index is 11.0. The van der Waals surface area contributed by atoms with Gasteiger partial charge < -0.3 is 5.32 Å². The lowest BCUT2D eigenvalue weighted by atomic mass is 10.2. The molecule has 0 aliphatic rings. The van der Waals surface area contributed by atoms with Gasteiger partial charge in [0.15, 0.2) is 0 Å². The van der Waals surface area contributed by atoms with Crippen LogP contribution in [0.2, 0.25) is 0 Å². The van der Waals surface area contributed by atoms with Gasteiger partial charge in [-0.3, -0.25) is 14.8 Å². The van der Waals surface area contributed by atoms with Crippen LogP contribution >= 0.6 is 15.9 Å². The van der Waals surface area contributed by atoms with Crippen LogP contribution < -0.4 is 5.32 Å². The summed E-state index contributed by atoms with van der Waals surface area (Å²) in [4.78, 5) is 10.6. The molecule has 1 aromatic carbocycles. The minimum atomic E-state index is -0.354. The van der Waals surface area contributed by atoms with Gasteiger partial charge in [-0.25, -0.2) is 0 Å². The topological polar surface area (TPSA) is 73.0 Å². The Morgan fingerprint density at radius 1 is 1.38 bits per heavy atom. The lowest BCUT2D eigenvalue weighted by molar-refractivity contribution is -0.385. The van der Waals surface area contributed by atoms with Crippen LogP contribution in [-0.2, 0) is 19.6 Å². The molecule has 0 bridgehead atoms. The summed E-state index contributed by atoms with van der Waals surface area (Å²) in [6, 6.07) is 6.77. The van der Waals surface area contributed by atoms with Gasteiger partial charge in [0.2, 0.25) is 0 Å². The Hall–Kier alpha value is -1.73. The standard InChI is InChI=1S/C14H17BrN4O2/c1-3-18-13(14(15)10(2)17-18)9-16-8-11-6-4-5-7-12(11)19(20)21/h4-7,16H,3,8-9H2,1-2H3. The van der Waals surface area contributed by atoms with Crippen LogP contribution in [0.15, 0.2) is 28.7 Å². The second kappa shape index (κ2) is 6.82. The van der Waals surface area contributed by atoms with E-state index in [4.69, 9.17) is 0 Å². The first kappa shape index (κ1) is 15.7. The normalized spacial score (nSPS) is 10.8. The molecule has 0 saturated heterocycles. The molecule has 21 heavy (non-hydrogen) atoms. The van der Waals surface area contributed by atoms with E-state index in [1.807, 2.05) is 18.5 Å². The van der Waals surface area contributed by atoms with Gasteiger partial charge in [0.05, 0.1) is 20.8 Å². The second-order valence-electron chi connectivity index (χ2n) is 4.65. The number of nitro benzene ring substituents is 1. The molecule has 0 amide bonds. The largest absolute Gasteiger partial charge is 0.307 e. The number of hydrogen-bond donors (Lipinski definition) is 1.